The third-order valence-corrected chi connectivity index (χ3v) is 9.68. The zero-order chi connectivity index (χ0) is 26.3. The van der Waals surface area contributed by atoms with Crippen molar-refractivity contribution in [3.05, 3.63) is 69.8 Å². The quantitative estimate of drug-likeness (QED) is 0.239. The minimum Gasteiger partial charge on any atom is -0.395 e. The first-order valence-corrected chi connectivity index (χ1v) is 14.8. The minimum absolute atomic E-state index is 0.0950. The number of halogens is 1. The number of nitrogens with one attached hydrogen (secondary N) is 1. The number of nitrogens with zero attached hydrogens (tertiary/aromatic N) is 2. The zero-order valence-corrected chi connectivity index (χ0v) is 21.4. The number of ether oxygens (including phenoxy) is 1. The second kappa shape index (κ2) is 9.72. The van der Waals surface area contributed by atoms with Crippen LogP contribution in [0.4, 0.5) is 15.5 Å². The fourth-order valence-corrected chi connectivity index (χ4v) is 8.18. The molecule has 0 saturated carbocycles. The number of aliphatic hydroxyl groups excluding tert-OH is 1. The van der Waals surface area contributed by atoms with Crippen molar-refractivity contribution in [2.45, 2.75) is 50.2 Å². The van der Waals surface area contributed by atoms with E-state index in [0.717, 1.165) is 5.56 Å². The van der Waals surface area contributed by atoms with Crippen molar-refractivity contribution in [3.8, 4) is 0 Å². The summed E-state index contributed by atoms with van der Waals surface area (Å²) < 4.78 is 22.1. The summed E-state index contributed by atoms with van der Waals surface area (Å²) in [6, 6.07) is 13.3. The molecule has 4 rings (SSSR count). The normalized spacial score (nSPS) is 25.0. The summed E-state index contributed by atoms with van der Waals surface area (Å²) in [5.74, 6) is -1.51. The molecule has 36 heavy (non-hydrogen) atoms. The van der Waals surface area contributed by atoms with Gasteiger partial charge in [-0.05, 0) is 24.7 Å². The highest BCUT2D eigenvalue weighted by Crippen LogP contribution is 2.59. The molecular weight excluding hydrogens is 485 g/mol. The maximum absolute atomic E-state index is 15.7. The Morgan fingerprint density at radius 3 is 2.58 bits per heavy atom. The standard InChI is InChI=1S/C25H30FN3O6Si/c1-16-23(36(2,3)26)21(14-22(31)28(11-12-30)15-17-7-5-4-6-8-17)35-25(16)19-13-18(29(33)34)9-10-20(19)27-24(25)32/h4-10,13,16,21,23,30H,11-12,14-15H2,1-3H3,(H,27,32)/t16-,21+,23-,25+/m1/s1. The Morgan fingerprint density at radius 2 is 1.97 bits per heavy atom. The highest BCUT2D eigenvalue weighted by Gasteiger charge is 2.65. The molecule has 1 fully saturated rings. The molecule has 192 valence electrons. The van der Waals surface area contributed by atoms with E-state index in [1.165, 1.54) is 36.2 Å². The number of anilines is 1. The highest BCUT2D eigenvalue weighted by atomic mass is 28.4. The fourth-order valence-electron chi connectivity index (χ4n) is 5.69. The third-order valence-electron chi connectivity index (χ3n) is 7.22. The average molecular weight is 516 g/mol. The molecule has 2 N–H and O–H groups in total. The molecule has 2 amide bonds. The Balaban J connectivity index is 1.68. The number of carbonyl (C=O) groups is 2. The van der Waals surface area contributed by atoms with Gasteiger partial charge in [-0.15, -0.1) is 0 Å². The van der Waals surface area contributed by atoms with Gasteiger partial charge in [0.1, 0.15) is 0 Å². The Labute approximate surface area is 209 Å². The van der Waals surface area contributed by atoms with Crippen molar-refractivity contribution in [1.29, 1.82) is 0 Å². The summed E-state index contributed by atoms with van der Waals surface area (Å²) in [4.78, 5) is 39.0. The fraction of sp³-hybridized carbons (Fsp3) is 0.440. The number of rotatable bonds is 8. The first kappa shape index (κ1) is 25.9. The van der Waals surface area contributed by atoms with E-state index in [2.05, 4.69) is 5.32 Å². The second-order valence-corrected chi connectivity index (χ2v) is 13.7. The first-order valence-electron chi connectivity index (χ1n) is 11.9. The van der Waals surface area contributed by atoms with Gasteiger partial charge in [0.2, 0.25) is 14.3 Å². The SMILES string of the molecule is C[C@@H]1[C@@H]([Si](C)(C)F)[C@H](CC(=O)N(CCO)Cc2ccccc2)O[C@@]12C(=O)Nc1ccc([N+](=O)[O-])cc12. The molecular formula is C25H30FN3O6Si. The van der Waals surface area contributed by atoms with E-state index >= 15 is 4.11 Å². The summed E-state index contributed by atoms with van der Waals surface area (Å²) in [6.07, 6.45) is -1.09. The summed E-state index contributed by atoms with van der Waals surface area (Å²) in [5, 5.41) is 23.7. The Kier molecular flexibility index (Phi) is 7.00. The van der Waals surface area contributed by atoms with Crippen molar-refractivity contribution in [3.63, 3.8) is 0 Å². The van der Waals surface area contributed by atoms with Crippen molar-refractivity contribution in [2.24, 2.45) is 5.92 Å². The van der Waals surface area contributed by atoms with Crippen LogP contribution in [-0.2, 0) is 26.5 Å². The zero-order valence-electron chi connectivity index (χ0n) is 20.4. The van der Waals surface area contributed by atoms with Gasteiger partial charge >= 0.3 is 0 Å². The Hall–Kier alpha value is -3.15. The Morgan fingerprint density at radius 1 is 1.28 bits per heavy atom. The third kappa shape index (κ3) is 4.53. The molecule has 2 aliphatic rings. The molecule has 2 heterocycles. The summed E-state index contributed by atoms with van der Waals surface area (Å²) in [6.45, 7) is 4.88. The molecule has 4 atom stereocenters. The van der Waals surface area contributed by atoms with E-state index < -0.39 is 42.4 Å². The van der Waals surface area contributed by atoms with Gasteiger partial charge in [0.15, 0.2) is 5.60 Å². The summed E-state index contributed by atoms with van der Waals surface area (Å²) in [7, 11) is -3.48. The molecule has 2 aromatic carbocycles. The molecule has 0 aromatic heterocycles. The van der Waals surface area contributed by atoms with Crippen molar-refractivity contribution < 1.29 is 28.5 Å². The lowest BCUT2D eigenvalue weighted by Crippen LogP contribution is -2.42. The van der Waals surface area contributed by atoms with E-state index in [9.17, 15) is 24.8 Å². The lowest BCUT2D eigenvalue weighted by Gasteiger charge is -2.30. The number of amides is 2. The molecule has 1 spiro atoms. The molecule has 2 aliphatic heterocycles. The van der Waals surface area contributed by atoms with Crippen LogP contribution in [-0.4, -0.2) is 54.4 Å². The maximum atomic E-state index is 15.7. The van der Waals surface area contributed by atoms with Crippen molar-refractivity contribution in [1.82, 2.24) is 4.90 Å². The van der Waals surface area contributed by atoms with Gasteiger partial charge in [-0.3, -0.25) is 19.7 Å². The smallest absolute Gasteiger partial charge is 0.269 e. The van der Waals surface area contributed by atoms with Gasteiger partial charge < -0.3 is 24.2 Å². The number of aliphatic hydroxyl groups is 1. The van der Waals surface area contributed by atoms with Gasteiger partial charge in [0, 0.05) is 47.9 Å². The van der Waals surface area contributed by atoms with Crippen LogP contribution in [0, 0.1) is 16.0 Å². The predicted molar refractivity (Wildman–Crippen MR) is 133 cm³/mol. The van der Waals surface area contributed by atoms with Crippen LogP contribution >= 0.6 is 0 Å². The molecule has 11 heteroatoms. The lowest BCUT2D eigenvalue weighted by molar-refractivity contribution is -0.385. The molecule has 0 radical (unpaired) electrons. The number of benzene rings is 2. The number of fused-ring (bicyclic) bond motifs is 2. The van der Waals surface area contributed by atoms with E-state index in [1.54, 1.807) is 6.92 Å². The number of non-ortho nitro benzene ring substituents is 1. The van der Waals surface area contributed by atoms with Gasteiger partial charge in [-0.1, -0.05) is 37.3 Å². The highest BCUT2D eigenvalue weighted by molar-refractivity contribution is 6.72. The van der Waals surface area contributed by atoms with Gasteiger partial charge in [0.05, 0.1) is 24.1 Å². The van der Waals surface area contributed by atoms with E-state index in [1.807, 2.05) is 30.3 Å². The minimum atomic E-state index is -3.48. The van der Waals surface area contributed by atoms with E-state index in [0.29, 0.717) is 11.3 Å². The van der Waals surface area contributed by atoms with Crippen LogP contribution in [0.15, 0.2) is 48.5 Å². The van der Waals surface area contributed by atoms with Crippen LogP contribution in [0.1, 0.15) is 24.5 Å². The van der Waals surface area contributed by atoms with E-state index in [-0.39, 0.29) is 37.7 Å². The van der Waals surface area contributed by atoms with E-state index in [4.69, 9.17) is 4.74 Å². The van der Waals surface area contributed by atoms with Crippen molar-refractivity contribution >= 4 is 31.6 Å². The molecule has 9 nitrogen and oxygen atoms in total. The molecule has 1 saturated heterocycles. The predicted octanol–water partition coefficient (Wildman–Crippen LogP) is 3.73. The average Bonchev–Trinajstić information content (AvgIpc) is 3.27. The number of nitro groups is 1. The summed E-state index contributed by atoms with van der Waals surface area (Å²) in [5.41, 5.74) is -0.995. The monoisotopic (exact) mass is 515 g/mol. The lowest BCUT2D eigenvalue weighted by atomic mass is 9.82. The maximum Gasteiger partial charge on any atom is 0.269 e. The van der Waals surface area contributed by atoms with Crippen molar-refractivity contribution in [2.75, 3.05) is 18.5 Å². The molecule has 0 bridgehead atoms. The number of hydrogen-bond donors (Lipinski definition) is 2. The Bertz CT molecular complexity index is 1170. The summed E-state index contributed by atoms with van der Waals surface area (Å²) >= 11 is 0. The van der Waals surface area contributed by atoms with Crippen LogP contribution in [0.5, 0.6) is 0 Å². The topological polar surface area (TPSA) is 122 Å². The molecule has 0 aliphatic carbocycles. The number of hydrogen-bond acceptors (Lipinski definition) is 6. The van der Waals surface area contributed by atoms with Gasteiger partial charge in [-0.25, -0.2) is 0 Å². The van der Waals surface area contributed by atoms with Crippen LogP contribution in [0.2, 0.25) is 18.6 Å². The van der Waals surface area contributed by atoms with Crippen LogP contribution in [0.25, 0.3) is 0 Å². The van der Waals surface area contributed by atoms with Gasteiger partial charge in [-0.2, -0.15) is 0 Å². The number of nitro benzene ring substituents is 1. The van der Waals surface area contributed by atoms with Gasteiger partial charge in [0.25, 0.3) is 11.6 Å². The van der Waals surface area contributed by atoms with Crippen LogP contribution in [0.3, 0.4) is 0 Å². The molecule has 2 aromatic rings. The second-order valence-electron chi connectivity index (χ2n) is 9.94. The first-order chi connectivity index (χ1) is 17.0. The molecule has 0 unspecified atom stereocenters. The number of carbonyl (C=O) groups excluding carboxylic acids is 2. The van der Waals surface area contributed by atoms with Crippen LogP contribution < -0.4 is 5.32 Å². The largest absolute Gasteiger partial charge is 0.395 e.